The van der Waals surface area contributed by atoms with Gasteiger partial charge >= 0.3 is 5.97 Å². The SMILES string of the molecule is CC(O)(CC(=O)O)c1cscn1. The number of carbonyl (C=O) groups is 1. The molecular formula is C7H9NO3S. The molecule has 0 aliphatic heterocycles. The van der Waals surface area contributed by atoms with Crippen LogP contribution in [0, 0.1) is 0 Å². The second-order valence-corrected chi connectivity index (χ2v) is 3.44. The van der Waals surface area contributed by atoms with E-state index in [1.165, 1.54) is 18.3 Å². The minimum atomic E-state index is -1.36. The Morgan fingerprint density at radius 1 is 1.83 bits per heavy atom. The molecule has 0 saturated carbocycles. The van der Waals surface area contributed by atoms with Gasteiger partial charge in [0.25, 0.3) is 0 Å². The minimum Gasteiger partial charge on any atom is -0.481 e. The molecule has 1 heterocycles. The minimum absolute atomic E-state index is 0.323. The first-order valence-corrected chi connectivity index (χ1v) is 4.29. The van der Waals surface area contributed by atoms with E-state index >= 15 is 0 Å². The van der Waals surface area contributed by atoms with Crippen LogP contribution in [-0.2, 0) is 10.4 Å². The van der Waals surface area contributed by atoms with E-state index in [-0.39, 0.29) is 6.42 Å². The number of hydrogen-bond donors (Lipinski definition) is 2. The Bertz CT molecular complexity index is 268. The molecule has 0 fully saturated rings. The number of hydrogen-bond acceptors (Lipinski definition) is 4. The number of aliphatic hydroxyl groups is 1. The van der Waals surface area contributed by atoms with Gasteiger partial charge in [-0.25, -0.2) is 4.98 Å². The summed E-state index contributed by atoms with van der Waals surface area (Å²) in [6.45, 7) is 1.44. The molecule has 66 valence electrons. The molecule has 2 N–H and O–H groups in total. The molecule has 12 heavy (non-hydrogen) atoms. The van der Waals surface area contributed by atoms with E-state index in [0.29, 0.717) is 5.69 Å². The van der Waals surface area contributed by atoms with E-state index < -0.39 is 11.6 Å². The van der Waals surface area contributed by atoms with Crippen molar-refractivity contribution in [1.29, 1.82) is 0 Å². The summed E-state index contributed by atoms with van der Waals surface area (Å²) in [5, 5.41) is 19.7. The number of rotatable bonds is 3. The fraction of sp³-hybridized carbons (Fsp3) is 0.429. The maximum absolute atomic E-state index is 10.3. The molecule has 0 aliphatic rings. The molecule has 0 aliphatic carbocycles. The smallest absolute Gasteiger partial charge is 0.306 e. The van der Waals surface area contributed by atoms with Crippen LogP contribution in [0.15, 0.2) is 10.9 Å². The summed E-state index contributed by atoms with van der Waals surface area (Å²) < 4.78 is 0. The predicted octanol–water partition coefficient (Wildman–Crippen LogP) is 0.825. The highest BCUT2D eigenvalue weighted by Crippen LogP contribution is 2.23. The Morgan fingerprint density at radius 3 is 2.92 bits per heavy atom. The van der Waals surface area contributed by atoms with Crippen molar-refractivity contribution < 1.29 is 15.0 Å². The number of aromatic nitrogens is 1. The van der Waals surface area contributed by atoms with Crippen molar-refractivity contribution in [3.8, 4) is 0 Å². The molecule has 1 aromatic heterocycles. The Hall–Kier alpha value is -0.940. The first-order valence-electron chi connectivity index (χ1n) is 3.35. The zero-order valence-corrected chi connectivity index (χ0v) is 7.34. The lowest BCUT2D eigenvalue weighted by Gasteiger charge is -2.17. The largest absolute Gasteiger partial charge is 0.481 e. The monoisotopic (exact) mass is 187 g/mol. The molecule has 1 aromatic rings. The van der Waals surface area contributed by atoms with Gasteiger partial charge in [0.1, 0.15) is 5.60 Å². The topological polar surface area (TPSA) is 70.4 Å². The molecule has 1 rings (SSSR count). The summed E-state index contributed by atoms with van der Waals surface area (Å²) >= 11 is 1.33. The molecule has 0 radical (unpaired) electrons. The van der Waals surface area contributed by atoms with Crippen LogP contribution >= 0.6 is 11.3 Å². The molecule has 0 spiro atoms. The lowest BCUT2D eigenvalue weighted by molar-refractivity contribution is -0.142. The number of nitrogens with zero attached hydrogens (tertiary/aromatic N) is 1. The fourth-order valence-electron chi connectivity index (χ4n) is 0.864. The Balaban J connectivity index is 2.79. The zero-order valence-electron chi connectivity index (χ0n) is 6.52. The number of carboxylic acid groups (broad SMARTS) is 1. The highest BCUT2D eigenvalue weighted by Gasteiger charge is 2.28. The van der Waals surface area contributed by atoms with Crippen LogP contribution < -0.4 is 0 Å². The molecule has 1 atom stereocenters. The van der Waals surface area contributed by atoms with Crippen LogP contribution in [0.25, 0.3) is 0 Å². The fourth-order valence-corrected chi connectivity index (χ4v) is 1.54. The van der Waals surface area contributed by atoms with Crippen molar-refractivity contribution in [2.24, 2.45) is 0 Å². The average molecular weight is 187 g/mol. The van der Waals surface area contributed by atoms with E-state index in [1.807, 2.05) is 0 Å². The van der Waals surface area contributed by atoms with Crippen LogP contribution in [0.4, 0.5) is 0 Å². The molecule has 4 nitrogen and oxygen atoms in total. The van der Waals surface area contributed by atoms with Gasteiger partial charge in [0, 0.05) is 5.38 Å². The average Bonchev–Trinajstić information content (AvgIpc) is 2.32. The highest BCUT2D eigenvalue weighted by molar-refractivity contribution is 7.07. The van der Waals surface area contributed by atoms with Gasteiger partial charge < -0.3 is 10.2 Å². The lowest BCUT2D eigenvalue weighted by Crippen LogP contribution is -2.25. The summed E-state index contributed by atoms with van der Waals surface area (Å²) in [6.07, 6.45) is -0.323. The molecule has 0 saturated heterocycles. The van der Waals surface area contributed by atoms with Gasteiger partial charge in [-0.15, -0.1) is 11.3 Å². The van der Waals surface area contributed by atoms with Gasteiger partial charge in [-0.1, -0.05) is 0 Å². The third-order valence-corrected chi connectivity index (χ3v) is 2.07. The molecule has 5 heteroatoms. The summed E-state index contributed by atoms with van der Waals surface area (Å²) in [5.41, 5.74) is 0.618. The third kappa shape index (κ3) is 2.02. The van der Waals surface area contributed by atoms with Crippen LogP contribution in [-0.4, -0.2) is 21.2 Å². The van der Waals surface area contributed by atoms with E-state index in [9.17, 15) is 9.90 Å². The second kappa shape index (κ2) is 3.20. The van der Waals surface area contributed by atoms with Gasteiger partial charge in [-0.3, -0.25) is 4.79 Å². The Labute approximate surface area is 73.5 Å². The van der Waals surface area contributed by atoms with Crippen molar-refractivity contribution in [1.82, 2.24) is 4.98 Å². The van der Waals surface area contributed by atoms with Crippen molar-refractivity contribution in [3.63, 3.8) is 0 Å². The van der Waals surface area contributed by atoms with Gasteiger partial charge in [-0.2, -0.15) is 0 Å². The van der Waals surface area contributed by atoms with Crippen LogP contribution in [0.3, 0.4) is 0 Å². The van der Waals surface area contributed by atoms with Crippen molar-refractivity contribution in [3.05, 3.63) is 16.6 Å². The summed E-state index contributed by atoms with van der Waals surface area (Å²) in [6, 6.07) is 0. The van der Waals surface area contributed by atoms with E-state index in [0.717, 1.165) is 0 Å². The van der Waals surface area contributed by atoms with Crippen molar-refractivity contribution >= 4 is 17.3 Å². The highest BCUT2D eigenvalue weighted by atomic mass is 32.1. The van der Waals surface area contributed by atoms with Gasteiger partial charge in [-0.05, 0) is 6.92 Å². The lowest BCUT2D eigenvalue weighted by atomic mass is 10.00. The maximum atomic E-state index is 10.3. The molecule has 0 bridgehead atoms. The van der Waals surface area contributed by atoms with Crippen molar-refractivity contribution in [2.75, 3.05) is 0 Å². The Morgan fingerprint density at radius 2 is 2.50 bits per heavy atom. The van der Waals surface area contributed by atoms with Crippen LogP contribution in [0.2, 0.25) is 0 Å². The van der Waals surface area contributed by atoms with Crippen LogP contribution in [0.1, 0.15) is 19.0 Å². The summed E-state index contributed by atoms with van der Waals surface area (Å²) in [7, 11) is 0. The number of carboxylic acids is 1. The third-order valence-electron chi connectivity index (χ3n) is 1.48. The standard InChI is InChI=1S/C7H9NO3S/c1-7(11,2-6(9)10)5-3-12-4-8-5/h3-4,11H,2H2,1H3,(H,9,10). The van der Waals surface area contributed by atoms with E-state index in [4.69, 9.17) is 5.11 Å². The zero-order chi connectivity index (χ0) is 9.19. The van der Waals surface area contributed by atoms with Gasteiger partial charge in [0.15, 0.2) is 0 Å². The normalized spacial score (nSPS) is 15.5. The molecule has 0 amide bonds. The molecular weight excluding hydrogens is 178 g/mol. The second-order valence-electron chi connectivity index (χ2n) is 2.72. The first kappa shape index (κ1) is 9.15. The van der Waals surface area contributed by atoms with E-state index in [1.54, 1.807) is 10.9 Å². The number of thiazole rings is 1. The quantitative estimate of drug-likeness (QED) is 0.735. The molecule has 1 unspecified atom stereocenters. The summed E-state index contributed by atoms with van der Waals surface area (Å²) in [5.74, 6) is -1.03. The van der Waals surface area contributed by atoms with Gasteiger partial charge in [0.2, 0.25) is 0 Å². The van der Waals surface area contributed by atoms with E-state index in [2.05, 4.69) is 4.98 Å². The summed E-state index contributed by atoms with van der Waals surface area (Å²) in [4.78, 5) is 14.2. The first-order chi connectivity index (χ1) is 5.52. The maximum Gasteiger partial charge on any atom is 0.306 e. The van der Waals surface area contributed by atoms with Crippen molar-refractivity contribution in [2.45, 2.75) is 18.9 Å². The predicted molar refractivity (Wildman–Crippen MR) is 43.9 cm³/mol. The van der Waals surface area contributed by atoms with Crippen LogP contribution in [0.5, 0.6) is 0 Å². The van der Waals surface area contributed by atoms with Gasteiger partial charge in [0.05, 0.1) is 17.6 Å². The Kier molecular flexibility index (Phi) is 2.44. The number of aliphatic carboxylic acids is 1. The molecule has 0 aromatic carbocycles.